The second-order valence-electron chi connectivity index (χ2n) is 5.42. The molecule has 1 aliphatic rings. The van der Waals surface area contributed by atoms with Crippen molar-refractivity contribution >= 4 is 15.7 Å². The third kappa shape index (κ3) is 2.89. The summed E-state index contributed by atoms with van der Waals surface area (Å²) in [6, 6.07) is 1.77. The van der Waals surface area contributed by atoms with E-state index in [2.05, 4.69) is 0 Å². The molecule has 0 bridgehead atoms. The lowest BCUT2D eigenvalue weighted by molar-refractivity contribution is -0.387. The topological polar surface area (TPSA) is 101 Å². The quantitative estimate of drug-likeness (QED) is 0.666. The Bertz CT molecular complexity index is 702. The summed E-state index contributed by atoms with van der Waals surface area (Å²) in [7, 11) is -4.00. The predicted octanol–water partition coefficient (Wildman–Crippen LogP) is 1.19. The fraction of sp³-hybridized carbons (Fsp3) is 0.500. The molecule has 7 nitrogen and oxygen atoms in total. The van der Waals surface area contributed by atoms with E-state index in [1.807, 2.05) is 0 Å². The first-order chi connectivity index (χ1) is 9.54. The molecule has 0 aliphatic carbocycles. The standard InChI is InChI=1S/C12H15FN2O5S/c1-8-5-9(6-10(11(8)13)15(17)18)21(19,20)14-4-3-12(2,16)7-14/h5-6,16H,3-4,7H2,1-2H3. The highest BCUT2D eigenvalue weighted by atomic mass is 32.2. The average Bonchev–Trinajstić information content (AvgIpc) is 2.73. The number of halogens is 1. The molecular weight excluding hydrogens is 303 g/mol. The van der Waals surface area contributed by atoms with Crippen LogP contribution in [0, 0.1) is 22.9 Å². The number of hydrogen-bond acceptors (Lipinski definition) is 5. The number of nitrogens with zero attached hydrogens (tertiary/aromatic N) is 2. The lowest BCUT2D eigenvalue weighted by Crippen LogP contribution is -2.34. The number of rotatable bonds is 3. The van der Waals surface area contributed by atoms with Crippen molar-refractivity contribution in [1.29, 1.82) is 0 Å². The summed E-state index contributed by atoms with van der Waals surface area (Å²) in [5.41, 5.74) is -2.12. The van der Waals surface area contributed by atoms with Crippen molar-refractivity contribution < 1.29 is 22.8 Å². The van der Waals surface area contributed by atoms with Crippen molar-refractivity contribution in [3.8, 4) is 0 Å². The molecule has 0 amide bonds. The van der Waals surface area contributed by atoms with Crippen LogP contribution in [-0.4, -0.2) is 41.4 Å². The molecule has 1 N–H and O–H groups in total. The zero-order valence-electron chi connectivity index (χ0n) is 11.5. The van der Waals surface area contributed by atoms with E-state index in [-0.39, 0.29) is 30.0 Å². The van der Waals surface area contributed by atoms with E-state index in [9.17, 15) is 28.0 Å². The number of nitro benzene ring substituents is 1. The molecule has 9 heteroatoms. The molecule has 116 valence electrons. The van der Waals surface area contributed by atoms with Crippen LogP contribution in [0.5, 0.6) is 0 Å². The first-order valence-corrected chi connectivity index (χ1v) is 7.66. The van der Waals surface area contributed by atoms with Crippen molar-refractivity contribution in [1.82, 2.24) is 4.31 Å². The Hall–Kier alpha value is -1.58. The van der Waals surface area contributed by atoms with Gasteiger partial charge in [0.1, 0.15) is 0 Å². The Morgan fingerprint density at radius 2 is 2.10 bits per heavy atom. The van der Waals surface area contributed by atoms with Crippen molar-refractivity contribution in [2.45, 2.75) is 30.8 Å². The van der Waals surface area contributed by atoms with Crippen LogP contribution in [0.4, 0.5) is 10.1 Å². The number of hydrogen-bond donors (Lipinski definition) is 1. The van der Waals surface area contributed by atoms with Gasteiger partial charge in [-0.3, -0.25) is 10.1 Å². The minimum Gasteiger partial charge on any atom is -0.389 e. The monoisotopic (exact) mass is 318 g/mol. The van der Waals surface area contributed by atoms with E-state index in [0.717, 1.165) is 10.4 Å². The van der Waals surface area contributed by atoms with Gasteiger partial charge in [0.15, 0.2) is 0 Å². The SMILES string of the molecule is Cc1cc(S(=O)(=O)N2CCC(C)(O)C2)cc([N+](=O)[O-])c1F. The number of benzene rings is 1. The Morgan fingerprint density at radius 1 is 1.48 bits per heavy atom. The van der Waals surface area contributed by atoms with Crippen LogP contribution in [0.2, 0.25) is 0 Å². The normalized spacial score (nSPS) is 23.4. The van der Waals surface area contributed by atoms with Gasteiger partial charge < -0.3 is 5.11 Å². The molecule has 21 heavy (non-hydrogen) atoms. The Morgan fingerprint density at radius 3 is 2.57 bits per heavy atom. The van der Waals surface area contributed by atoms with Crippen LogP contribution < -0.4 is 0 Å². The van der Waals surface area contributed by atoms with Crippen LogP contribution in [0.25, 0.3) is 0 Å². The first-order valence-electron chi connectivity index (χ1n) is 6.22. The lowest BCUT2D eigenvalue weighted by Gasteiger charge is -2.19. The van der Waals surface area contributed by atoms with Gasteiger partial charge in [0.25, 0.3) is 0 Å². The van der Waals surface area contributed by atoms with Crippen LogP contribution in [0.1, 0.15) is 18.9 Å². The molecule has 1 fully saturated rings. The summed E-state index contributed by atoms with van der Waals surface area (Å²) >= 11 is 0. The van der Waals surface area contributed by atoms with Gasteiger partial charge >= 0.3 is 5.69 Å². The summed E-state index contributed by atoms with van der Waals surface area (Å²) in [6.45, 7) is 2.79. The van der Waals surface area contributed by atoms with Gasteiger partial charge in [0.05, 0.1) is 15.4 Å². The molecule has 2 rings (SSSR count). The third-order valence-electron chi connectivity index (χ3n) is 3.46. The number of β-amino-alcohol motifs (C(OH)–C–C–N with tert-alkyl or cyclic N) is 1. The number of sulfonamides is 1. The van der Waals surface area contributed by atoms with E-state index < -0.39 is 32.1 Å². The molecular formula is C12H15FN2O5S. The highest BCUT2D eigenvalue weighted by Crippen LogP contribution is 2.30. The molecule has 1 unspecified atom stereocenters. The zero-order valence-corrected chi connectivity index (χ0v) is 12.4. The summed E-state index contributed by atoms with van der Waals surface area (Å²) in [5.74, 6) is -1.05. The lowest BCUT2D eigenvalue weighted by atomic mass is 10.1. The molecule has 1 aromatic rings. The fourth-order valence-corrected chi connectivity index (χ4v) is 3.92. The molecule has 1 saturated heterocycles. The van der Waals surface area contributed by atoms with Gasteiger partial charge in [-0.1, -0.05) is 0 Å². The van der Waals surface area contributed by atoms with Gasteiger partial charge in [0, 0.05) is 19.2 Å². The highest BCUT2D eigenvalue weighted by Gasteiger charge is 2.39. The molecule has 0 aromatic heterocycles. The second-order valence-corrected chi connectivity index (χ2v) is 7.35. The van der Waals surface area contributed by atoms with E-state index >= 15 is 0 Å². The second kappa shape index (κ2) is 5.00. The summed E-state index contributed by atoms with van der Waals surface area (Å²) in [5, 5.41) is 20.6. The number of aliphatic hydroxyl groups is 1. The minimum atomic E-state index is -4.00. The van der Waals surface area contributed by atoms with Crippen molar-refractivity contribution in [3.63, 3.8) is 0 Å². The maximum absolute atomic E-state index is 13.6. The smallest absolute Gasteiger partial charge is 0.306 e. The van der Waals surface area contributed by atoms with E-state index in [1.165, 1.54) is 13.8 Å². The van der Waals surface area contributed by atoms with Gasteiger partial charge in [-0.2, -0.15) is 8.70 Å². The largest absolute Gasteiger partial charge is 0.389 e. The predicted molar refractivity (Wildman–Crippen MR) is 71.8 cm³/mol. The number of nitro groups is 1. The summed E-state index contributed by atoms with van der Waals surface area (Å²) < 4.78 is 39.5. The minimum absolute atomic E-state index is 0.0977. The Kier molecular flexibility index (Phi) is 3.77. The number of aryl methyl sites for hydroxylation is 1. The summed E-state index contributed by atoms with van der Waals surface area (Å²) in [6.07, 6.45) is 0.272. The van der Waals surface area contributed by atoms with E-state index in [4.69, 9.17) is 0 Å². The zero-order chi connectivity index (χ0) is 16.0. The molecule has 0 saturated carbocycles. The maximum atomic E-state index is 13.6. The Labute approximate surface area is 121 Å². The van der Waals surface area contributed by atoms with Crippen molar-refractivity contribution in [2.24, 2.45) is 0 Å². The van der Waals surface area contributed by atoms with Gasteiger partial charge in [-0.15, -0.1) is 0 Å². The molecule has 1 heterocycles. The Balaban J connectivity index is 2.49. The highest BCUT2D eigenvalue weighted by molar-refractivity contribution is 7.89. The third-order valence-corrected chi connectivity index (χ3v) is 5.28. The molecule has 1 aromatic carbocycles. The first kappa shape index (κ1) is 15.8. The van der Waals surface area contributed by atoms with Crippen LogP contribution in [0.15, 0.2) is 17.0 Å². The van der Waals surface area contributed by atoms with Gasteiger partial charge in [-0.05, 0) is 31.9 Å². The molecule has 1 atom stereocenters. The fourth-order valence-electron chi connectivity index (χ4n) is 2.26. The average molecular weight is 318 g/mol. The molecule has 0 spiro atoms. The maximum Gasteiger partial charge on any atom is 0.306 e. The van der Waals surface area contributed by atoms with Crippen LogP contribution >= 0.6 is 0 Å². The van der Waals surface area contributed by atoms with E-state index in [1.54, 1.807) is 0 Å². The van der Waals surface area contributed by atoms with Crippen molar-refractivity contribution in [2.75, 3.05) is 13.1 Å². The summed E-state index contributed by atoms with van der Waals surface area (Å²) in [4.78, 5) is 9.50. The van der Waals surface area contributed by atoms with Crippen molar-refractivity contribution in [3.05, 3.63) is 33.6 Å². The van der Waals surface area contributed by atoms with Gasteiger partial charge in [0.2, 0.25) is 15.8 Å². The molecule has 0 radical (unpaired) electrons. The van der Waals surface area contributed by atoms with Gasteiger partial charge in [-0.25, -0.2) is 8.42 Å². The van der Waals surface area contributed by atoms with Crippen LogP contribution in [0.3, 0.4) is 0 Å². The van der Waals surface area contributed by atoms with Crippen LogP contribution in [-0.2, 0) is 10.0 Å². The molecule has 1 aliphatic heterocycles. The van der Waals surface area contributed by atoms with E-state index in [0.29, 0.717) is 6.07 Å².